The lowest BCUT2D eigenvalue weighted by atomic mass is 10.3. The molecule has 0 aromatic heterocycles. The molecule has 0 saturated carbocycles. The Bertz CT molecular complexity index is 238. The quantitative estimate of drug-likeness (QED) is 0.739. The predicted molar refractivity (Wildman–Crippen MR) is 62.4 cm³/mol. The van der Waals surface area contributed by atoms with Crippen molar-refractivity contribution >= 4 is 18.1 Å². The fourth-order valence-corrected chi connectivity index (χ4v) is 0.991. The van der Waals surface area contributed by atoms with Crippen LogP contribution in [-0.2, 0) is 0 Å². The first-order valence-electron chi connectivity index (χ1n) is 4.47. The lowest BCUT2D eigenvalue weighted by molar-refractivity contribution is 0.313. The van der Waals surface area contributed by atoms with Gasteiger partial charge in [0.2, 0.25) is 0 Å². The second-order valence-corrected chi connectivity index (χ2v) is 2.77. The lowest BCUT2D eigenvalue weighted by Crippen LogP contribution is -2.05. The van der Waals surface area contributed by atoms with Crippen molar-refractivity contribution in [1.82, 2.24) is 0 Å². The third-order valence-electron chi connectivity index (χ3n) is 1.76. The van der Waals surface area contributed by atoms with E-state index in [0.29, 0.717) is 13.2 Å². The van der Waals surface area contributed by atoms with Crippen LogP contribution < -0.4 is 15.8 Å². The Kier molecular flexibility index (Phi) is 6.98. The van der Waals surface area contributed by atoms with E-state index in [9.17, 15) is 0 Å². The van der Waals surface area contributed by atoms with Gasteiger partial charge in [-0.3, -0.25) is 0 Å². The van der Waals surface area contributed by atoms with E-state index in [1.165, 1.54) is 0 Å². The fraction of sp³-hybridized carbons (Fsp3) is 0.400. The predicted octanol–water partition coefficient (Wildman–Crippen LogP) is 1.88. The third kappa shape index (κ3) is 4.35. The number of benzene rings is 1. The van der Waals surface area contributed by atoms with Crippen molar-refractivity contribution in [2.24, 2.45) is 5.73 Å². The van der Waals surface area contributed by atoms with Crippen LogP contribution in [0.15, 0.2) is 24.3 Å². The number of hydrogen-bond donors (Lipinski definition) is 2. The average molecular weight is 217 g/mol. The standard InChI is InChI=1S/C10H16N2O.ClH/c1-12-9-3-5-10(6-4-9)13-8-2-7-11;/h3-6,12H,2,7-8,11H2,1H3;1H. The molecule has 1 aromatic rings. The van der Waals surface area contributed by atoms with Crippen molar-refractivity contribution in [3.05, 3.63) is 24.3 Å². The maximum atomic E-state index is 5.44. The summed E-state index contributed by atoms with van der Waals surface area (Å²) in [5.41, 5.74) is 6.44. The summed E-state index contributed by atoms with van der Waals surface area (Å²) in [5, 5.41) is 3.05. The van der Waals surface area contributed by atoms with E-state index in [0.717, 1.165) is 17.9 Å². The molecule has 0 radical (unpaired) electrons. The molecule has 0 saturated heterocycles. The van der Waals surface area contributed by atoms with E-state index in [-0.39, 0.29) is 12.4 Å². The molecule has 3 N–H and O–H groups in total. The SMILES string of the molecule is CNc1ccc(OCCCN)cc1.Cl. The van der Waals surface area contributed by atoms with Crippen molar-refractivity contribution in [3.8, 4) is 5.75 Å². The Morgan fingerprint density at radius 1 is 1.29 bits per heavy atom. The molecule has 3 nitrogen and oxygen atoms in total. The Morgan fingerprint density at radius 3 is 2.43 bits per heavy atom. The van der Waals surface area contributed by atoms with Gasteiger partial charge in [-0.2, -0.15) is 0 Å². The third-order valence-corrected chi connectivity index (χ3v) is 1.76. The van der Waals surface area contributed by atoms with Crippen LogP contribution in [-0.4, -0.2) is 20.2 Å². The van der Waals surface area contributed by atoms with E-state index >= 15 is 0 Å². The zero-order valence-electron chi connectivity index (χ0n) is 8.32. The summed E-state index contributed by atoms with van der Waals surface area (Å²) in [6.45, 7) is 1.37. The van der Waals surface area contributed by atoms with E-state index in [1.807, 2.05) is 31.3 Å². The summed E-state index contributed by atoms with van der Waals surface area (Å²) in [7, 11) is 1.89. The van der Waals surface area contributed by atoms with Crippen molar-refractivity contribution in [2.75, 3.05) is 25.5 Å². The molecule has 80 valence electrons. The van der Waals surface area contributed by atoms with E-state index < -0.39 is 0 Å². The van der Waals surface area contributed by atoms with Gasteiger partial charge in [-0.25, -0.2) is 0 Å². The molecule has 0 spiro atoms. The molecule has 0 bridgehead atoms. The molecule has 1 rings (SSSR count). The molecule has 14 heavy (non-hydrogen) atoms. The van der Waals surface area contributed by atoms with Crippen molar-refractivity contribution in [1.29, 1.82) is 0 Å². The van der Waals surface area contributed by atoms with Crippen LogP contribution in [0.3, 0.4) is 0 Å². The molecule has 0 aliphatic heterocycles. The Morgan fingerprint density at radius 2 is 1.93 bits per heavy atom. The fourth-order valence-electron chi connectivity index (χ4n) is 0.991. The second kappa shape index (κ2) is 7.47. The van der Waals surface area contributed by atoms with Gasteiger partial charge in [-0.05, 0) is 37.2 Å². The van der Waals surface area contributed by atoms with Crippen LogP contribution in [0, 0.1) is 0 Å². The first kappa shape index (κ1) is 13.1. The van der Waals surface area contributed by atoms with Crippen molar-refractivity contribution < 1.29 is 4.74 Å². The molecule has 0 atom stereocenters. The average Bonchev–Trinajstić information content (AvgIpc) is 2.19. The highest BCUT2D eigenvalue weighted by Gasteiger charge is 1.92. The first-order valence-corrected chi connectivity index (χ1v) is 4.47. The van der Waals surface area contributed by atoms with Crippen LogP contribution in [0.4, 0.5) is 5.69 Å². The highest BCUT2D eigenvalue weighted by atomic mass is 35.5. The normalized spacial score (nSPS) is 9.00. The van der Waals surface area contributed by atoms with E-state index in [4.69, 9.17) is 10.5 Å². The molecular weight excluding hydrogens is 200 g/mol. The topological polar surface area (TPSA) is 47.3 Å². The molecule has 4 heteroatoms. The Labute approximate surface area is 91.0 Å². The van der Waals surface area contributed by atoms with Gasteiger partial charge in [0, 0.05) is 12.7 Å². The molecule has 0 aliphatic rings. The molecule has 0 fully saturated rings. The van der Waals surface area contributed by atoms with Gasteiger partial charge in [0.05, 0.1) is 6.61 Å². The molecule has 0 amide bonds. The Balaban J connectivity index is 0.00000169. The van der Waals surface area contributed by atoms with Gasteiger partial charge in [-0.1, -0.05) is 0 Å². The number of nitrogens with two attached hydrogens (primary N) is 1. The maximum absolute atomic E-state index is 5.44. The van der Waals surface area contributed by atoms with E-state index in [2.05, 4.69) is 5.32 Å². The highest BCUT2D eigenvalue weighted by molar-refractivity contribution is 5.85. The van der Waals surface area contributed by atoms with E-state index in [1.54, 1.807) is 0 Å². The minimum absolute atomic E-state index is 0. The van der Waals surface area contributed by atoms with Gasteiger partial charge in [-0.15, -0.1) is 12.4 Å². The first-order chi connectivity index (χ1) is 6.36. The molecular formula is C10H17ClN2O. The number of hydrogen-bond acceptors (Lipinski definition) is 3. The van der Waals surface area contributed by atoms with Crippen LogP contribution in [0.5, 0.6) is 5.75 Å². The summed E-state index contributed by atoms with van der Waals surface area (Å²) < 4.78 is 5.44. The van der Waals surface area contributed by atoms with Crippen LogP contribution in [0.1, 0.15) is 6.42 Å². The summed E-state index contributed by atoms with van der Waals surface area (Å²) in [5.74, 6) is 0.896. The Hall–Kier alpha value is -0.930. The number of ether oxygens (including phenoxy) is 1. The largest absolute Gasteiger partial charge is 0.494 e. The number of rotatable bonds is 5. The summed E-state index contributed by atoms with van der Waals surface area (Å²) >= 11 is 0. The molecule has 0 aliphatic carbocycles. The lowest BCUT2D eigenvalue weighted by Gasteiger charge is -2.05. The monoisotopic (exact) mass is 216 g/mol. The minimum Gasteiger partial charge on any atom is -0.494 e. The molecule has 1 aromatic carbocycles. The van der Waals surface area contributed by atoms with Gasteiger partial charge in [0.25, 0.3) is 0 Å². The van der Waals surface area contributed by atoms with Crippen LogP contribution >= 0.6 is 12.4 Å². The van der Waals surface area contributed by atoms with Gasteiger partial charge in [0.1, 0.15) is 5.75 Å². The van der Waals surface area contributed by atoms with Crippen LogP contribution in [0.2, 0.25) is 0 Å². The molecule has 0 unspecified atom stereocenters. The van der Waals surface area contributed by atoms with Crippen molar-refractivity contribution in [3.63, 3.8) is 0 Å². The van der Waals surface area contributed by atoms with Crippen molar-refractivity contribution in [2.45, 2.75) is 6.42 Å². The van der Waals surface area contributed by atoms with Gasteiger partial charge in [0.15, 0.2) is 0 Å². The van der Waals surface area contributed by atoms with Crippen LogP contribution in [0.25, 0.3) is 0 Å². The summed E-state index contributed by atoms with van der Waals surface area (Å²) in [4.78, 5) is 0. The molecule has 0 heterocycles. The van der Waals surface area contributed by atoms with Gasteiger partial charge >= 0.3 is 0 Å². The number of halogens is 1. The minimum atomic E-state index is 0. The maximum Gasteiger partial charge on any atom is 0.119 e. The smallest absolute Gasteiger partial charge is 0.119 e. The second-order valence-electron chi connectivity index (χ2n) is 2.77. The summed E-state index contributed by atoms with van der Waals surface area (Å²) in [6.07, 6.45) is 0.897. The van der Waals surface area contributed by atoms with Gasteiger partial charge < -0.3 is 15.8 Å². The highest BCUT2D eigenvalue weighted by Crippen LogP contribution is 2.14. The summed E-state index contributed by atoms with van der Waals surface area (Å²) in [6, 6.07) is 7.86. The zero-order valence-corrected chi connectivity index (χ0v) is 9.14. The number of nitrogens with one attached hydrogen (secondary N) is 1. The zero-order chi connectivity index (χ0) is 9.52. The number of anilines is 1.